The Balaban J connectivity index is 4.87. The highest BCUT2D eigenvalue weighted by atomic mass is 31.2. The smallest absolute Gasteiger partial charge is 0.462 e. The van der Waals surface area contributed by atoms with Crippen molar-refractivity contribution < 1.29 is 52.2 Å². The summed E-state index contributed by atoms with van der Waals surface area (Å²) in [7, 11) is -4.76. The molecular formula is C58H97O11P. The van der Waals surface area contributed by atoms with E-state index in [2.05, 4.69) is 106 Å². The number of ether oxygens (including phenoxy) is 3. The molecule has 0 spiro atoms. The molecule has 3 unspecified atom stereocenters. The van der Waals surface area contributed by atoms with Gasteiger partial charge in [0.05, 0.1) is 19.8 Å². The van der Waals surface area contributed by atoms with Crippen LogP contribution in [-0.4, -0.2) is 66.5 Å². The number of carbonyl (C=O) groups is 3. The molecule has 0 aromatic heterocycles. The molecule has 0 amide bonds. The molecule has 0 aromatic rings. The number of hydrogen-bond acceptors (Lipinski definition) is 10. The van der Waals surface area contributed by atoms with Gasteiger partial charge in [0.1, 0.15) is 12.7 Å². The Morgan fingerprint density at radius 3 is 1.20 bits per heavy atom. The van der Waals surface area contributed by atoms with Gasteiger partial charge >= 0.3 is 25.7 Å². The average molecular weight is 1000 g/mol. The molecule has 70 heavy (non-hydrogen) atoms. The summed E-state index contributed by atoms with van der Waals surface area (Å²) in [6.07, 6.45) is 59.5. The lowest BCUT2D eigenvalue weighted by molar-refractivity contribution is -0.161. The highest BCUT2D eigenvalue weighted by molar-refractivity contribution is 7.47. The van der Waals surface area contributed by atoms with E-state index in [0.717, 1.165) is 103 Å². The molecular weight excluding hydrogens is 904 g/mol. The fourth-order valence-corrected chi connectivity index (χ4v) is 7.72. The summed E-state index contributed by atoms with van der Waals surface area (Å²) in [5.74, 6) is -1.56. The zero-order valence-electron chi connectivity index (χ0n) is 43.9. The molecule has 12 heteroatoms. The second kappa shape index (κ2) is 51.7. The minimum atomic E-state index is -4.76. The number of rotatable bonds is 49. The van der Waals surface area contributed by atoms with Gasteiger partial charge in [0.15, 0.2) is 6.10 Å². The Bertz CT molecular complexity index is 1540. The van der Waals surface area contributed by atoms with E-state index in [4.69, 9.17) is 23.3 Å². The largest absolute Gasteiger partial charge is 0.472 e. The van der Waals surface area contributed by atoms with Gasteiger partial charge in [-0.1, -0.05) is 201 Å². The molecule has 0 aliphatic heterocycles. The third-order valence-electron chi connectivity index (χ3n) is 11.0. The maximum absolute atomic E-state index is 12.9. The topological polar surface area (TPSA) is 155 Å². The lowest BCUT2D eigenvalue weighted by atomic mass is 10.1. The number of esters is 3. The number of hydrogen-bond donors (Lipinski definition) is 2. The van der Waals surface area contributed by atoms with Crippen molar-refractivity contribution in [3.05, 3.63) is 97.2 Å². The van der Waals surface area contributed by atoms with Crippen molar-refractivity contribution in [2.75, 3.05) is 26.4 Å². The highest BCUT2D eigenvalue weighted by Crippen LogP contribution is 2.43. The first-order chi connectivity index (χ1) is 34.2. The van der Waals surface area contributed by atoms with Crippen LogP contribution in [0.5, 0.6) is 0 Å². The molecule has 0 aliphatic carbocycles. The number of unbranched alkanes of at least 4 members (excludes halogenated alkanes) is 16. The summed E-state index contributed by atoms with van der Waals surface area (Å²) in [6.45, 7) is 4.31. The predicted molar refractivity (Wildman–Crippen MR) is 288 cm³/mol. The van der Waals surface area contributed by atoms with Gasteiger partial charge in [-0.05, 0) is 89.9 Å². The van der Waals surface area contributed by atoms with Crippen LogP contribution in [0.4, 0.5) is 0 Å². The quantitative estimate of drug-likeness (QED) is 0.0197. The fraction of sp³-hybridized carbons (Fsp3) is 0.672. The fourth-order valence-electron chi connectivity index (χ4n) is 6.93. The lowest BCUT2D eigenvalue weighted by Crippen LogP contribution is -2.30. The Kier molecular flexibility index (Phi) is 49.1. The maximum atomic E-state index is 12.9. The zero-order chi connectivity index (χ0) is 51.3. The van der Waals surface area contributed by atoms with E-state index in [9.17, 15) is 28.9 Å². The van der Waals surface area contributed by atoms with Crippen molar-refractivity contribution in [3.63, 3.8) is 0 Å². The highest BCUT2D eigenvalue weighted by Gasteiger charge is 2.28. The zero-order valence-corrected chi connectivity index (χ0v) is 44.8. The second-order valence-electron chi connectivity index (χ2n) is 17.6. The Morgan fingerprint density at radius 2 is 0.757 bits per heavy atom. The van der Waals surface area contributed by atoms with Gasteiger partial charge in [-0.2, -0.15) is 0 Å². The number of allylic oxidation sites excluding steroid dienone is 16. The van der Waals surface area contributed by atoms with Crippen LogP contribution in [0.15, 0.2) is 97.2 Å². The van der Waals surface area contributed by atoms with Crippen molar-refractivity contribution in [3.8, 4) is 0 Å². The Hall–Kier alpha value is -3.60. The van der Waals surface area contributed by atoms with Gasteiger partial charge in [-0.25, -0.2) is 4.57 Å². The molecule has 400 valence electrons. The van der Waals surface area contributed by atoms with Crippen LogP contribution in [0.25, 0.3) is 0 Å². The van der Waals surface area contributed by atoms with E-state index < -0.39 is 57.8 Å². The standard InChI is InChI=1S/C58H97O11P/c1-4-7-10-13-16-19-22-24-26-27-29-31-34-37-40-43-46-49-58(62)69-55(51-65-56(60)47-44-41-38-35-33-30-28-25-23-20-17-14-11-8-5-2)53-67-70(63,64)66-52-54(50-59)68-57(61)48-45-42-39-36-32-21-18-15-12-9-6-3/h7-8,10-11,16-17,19-20,24-26,28-29,31,37,40,54-55,59H,4-6,9,12-15,18,21-23,27,30,32-36,38-39,41-53H2,1-3H3,(H,63,64)/b10-7-,11-8-,19-16-,20-17-,26-24-,28-25-,31-29-,40-37-. The van der Waals surface area contributed by atoms with Crippen molar-refractivity contribution in [1.29, 1.82) is 0 Å². The maximum Gasteiger partial charge on any atom is 0.472 e. The molecule has 3 atom stereocenters. The van der Waals surface area contributed by atoms with Gasteiger partial charge in [-0.3, -0.25) is 23.4 Å². The number of phosphoric ester groups is 1. The van der Waals surface area contributed by atoms with E-state index in [1.807, 2.05) is 12.2 Å². The Morgan fingerprint density at radius 1 is 0.414 bits per heavy atom. The molecule has 0 bridgehead atoms. The first-order valence-corrected chi connectivity index (χ1v) is 28.6. The SMILES string of the molecule is CC/C=C\C/C=C\C/C=C\C/C=C\C/C=C\CCCC(=O)OC(COC(=O)CCCCCCC/C=C\C/C=C\C/C=C\CC)COP(=O)(O)OCC(CO)OC(=O)CCCCCCCCCCCCC. The van der Waals surface area contributed by atoms with Crippen molar-refractivity contribution in [1.82, 2.24) is 0 Å². The average Bonchev–Trinajstić information content (AvgIpc) is 3.35. The molecule has 0 rings (SSSR count). The summed E-state index contributed by atoms with van der Waals surface area (Å²) >= 11 is 0. The number of phosphoric acid groups is 1. The Labute approximate surface area is 425 Å². The van der Waals surface area contributed by atoms with Crippen molar-refractivity contribution >= 4 is 25.7 Å². The van der Waals surface area contributed by atoms with E-state index in [-0.39, 0.29) is 25.9 Å². The van der Waals surface area contributed by atoms with E-state index in [1.165, 1.54) is 44.9 Å². The number of aliphatic hydroxyl groups is 1. The molecule has 0 saturated carbocycles. The van der Waals surface area contributed by atoms with Crippen LogP contribution in [-0.2, 0) is 42.2 Å². The molecule has 0 heterocycles. The van der Waals surface area contributed by atoms with Crippen LogP contribution >= 0.6 is 7.82 Å². The number of carbonyl (C=O) groups excluding carboxylic acids is 3. The molecule has 2 N–H and O–H groups in total. The normalized spacial score (nSPS) is 14.2. The number of aliphatic hydroxyl groups excluding tert-OH is 1. The van der Waals surface area contributed by atoms with E-state index in [0.29, 0.717) is 25.7 Å². The van der Waals surface area contributed by atoms with Gasteiger partial charge < -0.3 is 24.2 Å². The van der Waals surface area contributed by atoms with Crippen LogP contribution in [0.2, 0.25) is 0 Å². The third-order valence-corrected chi connectivity index (χ3v) is 12.0. The molecule has 11 nitrogen and oxygen atoms in total. The summed E-state index contributed by atoms with van der Waals surface area (Å²) in [4.78, 5) is 48.4. The van der Waals surface area contributed by atoms with Crippen LogP contribution in [0.3, 0.4) is 0 Å². The lowest BCUT2D eigenvalue weighted by Gasteiger charge is -2.21. The van der Waals surface area contributed by atoms with Crippen molar-refractivity contribution in [2.24, 2.45) is 0 Å². The second-order valence-corrected chi connectivity index (χ2v) is 19.1. The first kappa shape index (κ1) is 66.4. The molecule has 0 radical (unpaired) electrons. The molecule has 0 aromatic carbocycles. The minimum Gasteiger partial charge on any atom is -0.462 e. The molecule has 0 aliphatic rings. The minimum absolute atomic E-state index is 0.0819. The summed E-state index contributed by atoms with van der Waals surface area (Å²) in [5.41, 5.74) is 0. The molecule has 0 saturated heterocycles. The summed E-state index contributed by atoms with van der Waals surface area (Å²) in [6, 6.07) is 0. The van der Waals surface area contributed by atoms with E-state index in [1.54, 1.807) is 0 Å². The summed E-state index contributed by atoms with van der Waals surface area (Å²) in [5, 5.41) is 9.78. The van der Waals surface area contributed by atoms with E-state index >= 15 is 0 Å². The van der Waals surface area contributed by atoms with Gasteiger partial charge in [0, 0.05) is 19.3 Å². The van der Waals surface area contributed by atoms with Crippen molar-refractivity contribution in [2.45, 2.75) is 226 Å². The van der Waals surface area contributed by atoms with Crippen LogP contribution in [0.1, 0.15) is 213 Å². The molecule has 0 fully saturated rings. The van der Waals surface area contributed by atoms with Gasteiger partial charge in [0.25, 0.3) is 0 Å². The van der Waals surface area contributed by atoms with Crippen LogP contribution < -0.4 is 0 Å². The van der Waals surface area contributed by atoms with Gasteiger partial charge in [-0.15, -0.1) is 0 Å². The van der Waals surface area contributed by atoms with Gasteiger partial charge in [0.2, 0.25) is 0 Å². The summed E-state index contributed by atoms with van der Waals surface area (Å²) < 4.78 is 39.3. The first-order valence-electron chi connectivity index (χ1n) is 27.1. The third kappa shape index (κ3) is 49.4. The monoisotopic (exact) mass is 1000 g/mol. The predicted octanol–water partition coefficient (Wildman–Crippen LogP) is 15.7. The van der Waals surface area contributed by atoms with Crippen LogP contribution in [0, 0.1) is 0 Å².